The third-order valence-corrected chi connectivity index (χ3v) is 3.70. The van der Waals surface area contributed by atoms with Crippen molar-refractivity contribution >= 4 is 0 Å². The van der Waals surface area contributed by atoms with Crippen molar-refractivity contribution in [2.24, 2.45) is 5.92 Å². The van der Waals surface area contributed by atoms with Crippen LogP contribution in [0.5, 0.6) is 0 Å². The molecule has 0 saturated carbocycles. The Bertz CT molecular complexity index is 174. The van der Waals surface area contributed by atoms with Crippen LogP contribution in [0.2, 0.25) is 0 Å². The number of likely N-dealkylation sites (tertiary alicyclic amines) is 1. The third kappa shape index (κ3) is 3.44. The maximum absolute atomic E-state index is 10.1. The zero-order valence-electron chi connectivity index (χ0n) is 9.53. The number of β-amino-alcohol motifs (C(OH)–C–C–N with tert-alkyl or cyclic N) is 1. The second kappa shape index (κ2) is 5.83. The van der Waals surface area contributed by atoms with Gasteiger partial charge in [0.1, 0.15) is 0 Å². The fourth-order valence-corrected chi connectivity index (χ4v) is 2.66. The van der Waals surface area contributed by atoms with Gasteiger partial charge in [-0.25, -0.2) is 0 Å². The Labute approximate surface area is 92.4 Å². The van der Waals surface area contributed by atoms with Gasteiger partial charge in [0.25, 0.3) is 0 Å². The van der Waals surface area contributed by atoms with E-state index in [2.05, 4.69) is 4.90 Å². The first kappa shape index (κ1) is 11.4. The molecule has 2 saturated heterocycles. The normalized spacial score (nSPS) is 27.8. The Balaban J connectivity index is 1.72. The largest absolute Gasteiger partial charge is 0.392 e. The van der Waals surface area contributed by atoms with Crippen LogP contribution >= 0.6 is 0 Å². The average Bonchev–Trinajstić information content (AvgIpc) is 2.31. The van der Waals surface area contributed by atoms with E-state index < -0.39 is 0 Å². The predicted octanol–water partition coefficient (Wildman–Crippen LogP) is 1.26. The van der Waals surface area contributed by atoms with Crippen LogP contribution in [0.25, 0.3) is 0 Å². The molecule has 1 atom stereocenters. The zero-order valence-corrected chi connectivity index (χ0v) is 9.53. The van der Waals surface area contributed by atoms with Crippen molar-refractivity contribution in [2.75, 3.05) is 32.8 Å². The molecular formula is C12H23NO2. The van der Waals surface area contributed by atoms with Crippen LogP contribution in [0.1, 0.15) is 32.1 Å². The Morgan fingerprint density at radius 1 is 1.13 bits per heavy atom. The van der Waals surface area contributed by atoms with E-state index in [9.17, 15) is 5.11 Å². The number of aliphatic hydroxyl groups excluding tert-OH is 1. The summed E-state index contributed by atoms with van der Waals surface area (Å²) in [7, 11) is 0. The molecule has 1 unspecified atom stereocenters. The van der Waals surface area contributed by atoms with E-state index in [1.54, 1.807) is 0 Å². The molecule has 0 amide bonds. The molecule has 0 spiro atoms. The molecule has 15 heavy (non-hydrogen) atoms. The van der Waals surface area contributed by atoms with Gasteiger partial charge in [-0.05, 0) is 44.7 Å². The number of aliphatic hydroxyl groups is 1. The van der Waals surface area contributed by atoms with Gasteiger partial charge in [0.2, 0.25) is 0 Å². The van der Waals surface area contributed by atoms with E-state index in [1.165, 1.54) is 32.4 Å². The van der Waals surface area contributed by atoms with Gasteiger partial charge in [-0.2, -0.15) is 0 Å². The van der Waals surface area contributed by atoms with Gasteiger partial charge in [0, 0.05) is 19.8 Å². The number of piperidine rings is 1. The minimum Gasteiger partial charge on any atom is -0.392 e. The molecule has 2 heterocycles. The standard InChI is InChI=1S/C12H23NO2/c14-12(11-4-8-15-9-5-11)10-13-6-2-1-3-7-13/h11-12,14H,1-10H2. The van der Waals surface area contributed by atoms with Crippen LogP contribution in [-0.2, 0) is 4.74 Å². The number of nitrogens with zero attached hydrogens (tertiary/aromatic N) is 1. The van der Waals surface area contributed by atoms with E-state index in [-0.39, 0.29) is 6.10 Å². The number of ether oxygens (including phenoxy) is 1. The minimum absolute atomic E-state index is 0.132. The molecule has 0 aliphatic carbocycles. The Hall–Kier alpha value is -0.120. The highest BCUT2D eigenvalue weighted by Crippen LogP contribution is 2.20. The van der Waals surface area contributed by atoms with Crippen molar-refractivity contribution in [3.05, 3.63) is 0 Å². The van der Waals surface area contributed by atoms with Gasteiger partial charge in [0.15, 0.2) is 0 Å². The zero-order chi connectivity index (χ0) is 10.5. The Kier molecular flexibility index (Phi) is 4.42. The fourth-order valence-electron chi connectivity index (χ4n) is 2.66. The summed E-state index contributed by atoms with van der Waals surface area (Å²) in [5.74, 6) is 0.473. The summed E-state index contributed by atoms with van der Waals surface area (Å²) in [6.45, 7) is 4.91. The molecule has 0 aromatic rings. The van der Waals surface area contributed by atoms with Crippen LogP contribution in [0.15, 0.2) is 0 Å². The molecule has 0 bridgehead atoms. The molecule has 1 N–H and O–H groups in total. The SMILES string of the molecule is OC(CN1CCCCC1)C1CCOCC1. The molecule has 2 rings (SSSR count). The molecule has 2 aliphatic heterocycles. The van der Waals surface area contributed by atoms with Gasteiger partial charge in [-0.1, -0.05) is 6.42 Å². The predicted molar refractivity (Wildman–Crippen MR) is 59.8 cm³/mol. The molecular weight excluding hydrogens is 190 g/mol. The lowest BCUT2D eigenvalue weighted by molar-refractivity contribution is -0.00832. The highest BCUT2D eigenvalue weighted by molar-refractivity contribution is 4.76. The van der Waals surface area contributed by atoms with E-state index in [0.717, 1.165) is 32.6 Å². The monoisotopic (exact) mass is 213 g/mol. The van der Waals surface area contributed by atoms with Crippen molar-refractivity contribution < 1.29 is 9.84 Å². The molecule has 3 heteroatoms. The van der Waals surface area contributed by atoms with Gasteiger partial charge in [-0.3, -0.25) is 0 Å². The lowest BCUT2D eigenvalue weighted by Gasteiger charge is -2.33. The van der Waals surface area contributed by atoms with Crippen molar-refractivity contribution in [3.8, 4) is 0 Å². The average molecular weight is 213 g/mol. The van der Waals surface area contributed by atoms with Gasteiger partial charge < -0.3 is 14.7 Å². The minimum atomic E-state index is -0.132. The fraction of sp³-hybridized carbons (Fsp3) is 1.00. The first-order valence-electron chi connectivity index (χ1n) is 6.34. The maximum atomic E-state index is 10.1. The highest BCUT2D eigenvalue weighted by atomic mass is 16.5. The first-order chi connectivity index (χ1) is 7.36. The Morgan fingerprint density at radius 2 is 1.80 bits per heavy atom. The maximum Gasteiger partial charge on any atom is 0.0696 e. The quantitative estimate of drug-likeness (QED) is 0.766. The first-order valence-corrected chi connectivity index (χ1v) is 6.34. The molecule has 0 aromatic heterocycles. The summed E-state index contributed by atoms with van der Waals surface area (Å²) >= 11 is 0. The van der Waals surface area contributed by atoms with Crippen LogP contribution in [0.3, 0.4) is 0 Å². The van der Waals surface area contributed by atoms with Crippen LogP contribution in [-0.4, -0.2) is 49.0 Å². The number of hydrogen-bond acceptors (Lipinski definition) is 3. The second-order valence-corrected chi connectivity index (χ2v) is 4.88. The topological polar surface area (TPSA) is 32.7 Å². The lowest BCUT2D eigenvalue weighted by Crippen LogP contribution is -2.40. The molecule has 0 radical (unpaired) electrons. The smallest absolute Gasteiger partial charge is 0.0696 e. The molecule has 3 nitrogen and oxygen atoms in total. The molecule has 2 aliphatic rings. The van der Waals surface area contributed by atoms with E-state index in [1.807, 2.05) is 0 Å². The van der Waals surface area contributed by atoms with E-state index in [0.29, 0.717) is 5.92 Å². The summed E-state index contributed by atoms with van der Waals surface area (Å²) in [4.78, 5) is 2.42. The van der Waals surface area contributed by atoms with E-state index >= 15 is 0 Å². The van der Waals surface area contributed by atoms with Crippen LogP contribution in [0, 0.1) is 5.92 Å². The van der Waals surface area contributed by atoms with Crippen molar-refractivity contribution in [3.63, 3.8) is 0 Å². The third-order valence-electron chi connectivity index (χ3n) is 3.70. The van der Waals surface area contributed by atoms with Crippen molar-refractivity contribution in [2.45, 2.75) is 38.2 Å². The van der Waals surface area contributed by atoms with Crippen LogP contribution in [0.4, 0.5) is 0 Å². The van der Waals surface area contributed by atoms with Gasteiger partial charge in [-0.15, -0.1) is 0 Å². The molecule has 0 aromatic carbocycles. The second-order valence-electron chi connectivity index (χ2n) is 4.88. The lowest BCUT2D eigenvalue weighted by atomic mass is 9.93. The van der Waals surface area contributed by atoms with E-state index in [4.69, 9.17) is 4.74 Å². The summed E-state index contributed by atoms with van der Waals surface area (Å²) in [6, 6.07) is 0. The molecule has 88 valence electrons. The van der Waals surface area contributed by atoms with Crippen molar-refractivity contribution in [1.82, 2.24) is 4.90 Å². The summed E-state index contributed by atoms with van der Waals surface area (Å²) in [5.41, 5.74) is 0. The summed E-state index contributed by atoms with van der Waals surface area (Å²) < 4.78 is 5.32. The number of hydrogen-bond donors (Lipinski definition) is 1. The Morgan fingerprint density at radius 3 is 2.47 bits per heavy atom. The van der Waals surface area contributed by atoms with Gasteiger partial charge >= 0.3 is 0 Å². The molecule has 2 fully saturated rings. The van der Waals surface area contributed by atoms with Crippen LogP contribution < -0.4 is 0 Å². The highest BCUT2D eigenvalue weighted by Gasteiger charge is 2.24. The summed E-state index contributed by atoms with van der Waals surface area (Å²) in [6.07, 6.45) is 5.92. The van der Waals surface area contributed by atoms with Gasteiger partial charge in [0.05, 0.1) is 6.10 Å². The summed E-state index contributed by atoms with van der Waals surface area (Å²) in [5, 5.41) is 10.1. The van der Waals surface area contributed by atoms with Crippen molar-refractivity contribution in [1.29, 1.82) is 0 Å². The number of rotatable bonds is 3.